The summed E-state index contributed by atoms with van der Waals surface area (Å²) < 4.78 is 16.6. The number of hydrogen-bond donors (Lipinski definition) is 0. The van der Waals surface area contributed by atoms with Gasteiger partial charge in [0.25, 0.3) is 11.0 Å². The molecule has 4 heterocycles. The normalized spacial score (nSPS) is 31.3. The Kier molecular flexibility index (Phi) is 5.66. The number of carbonyl (C=O) groups is 1. The van der Waals surface area contributed by atoms with Gasteiger partial charge in [0.2, 0.25) is 0 Å². The lowest BCUT2D eigenvalue weighted by Gasteiger charge is -2.38. The number of piperazine rings is 1. The van der Waals surface area contributed by atoms with Gasteiger partial charge in [-0.25, -0.2) is 0 Å². The summed E-state index contributed by atoms with van der Waals surface area (Å²) in [6, 6.07) is 3.37. The Morgan fingerprint density at radius 2 is 1.92 bits per heavy atom. The maximum atomic E-state index is 12.3. The van der Waals surface area contributed by atoms with Crippen LogP contribution in [0.15, 0.2) is 22.8 Å². The zero-order chi connectivity index (χ0) is 17.4. The Labute approximate surface area is 155 Å². The quantitative estimate of drug-likeness (QED) is 0.531. The topological polar surface area (TPSA) is 108 Å². The summed E-state index contributed by atoms with van der Waals surface area (Å²) in [7, 11) is 0. The van der Waals surface area contributed by atoms with Crippen LogP contribution in [0.1, 0.15) is 10.6 Å². The van der Waals surface area contributed by atoms with Gasteiger partial charge < -0.3 is 23.6 Å². The molecular formula is C15H20ClN3O7. The first-order valence-corrected chi connectivity index (χ1v) is 8.24. The van der Waals surface area contributed by atoms with Crippen LogP contribution in [0, 0.1) is 10.1 Å². The highest BCUT2D eigenvalue weighted by Gasteiger charge is 2.51. The van der Waals surface area contributed by atoms with Crippen molar-refractivity contribution in [3.05, 3.63) is 34.3 Å². The fraction of sp³-hybridized carbons (Fsp3) is 0.667. The van der Waals surface area contributed by atoms with E-state index in [0.717, 1.165) is 0 Å². The molecule has 1 aromatic rings. The van der Waals surface area contributed by atoms with E-state index in [-0.39, 0.29) is 37.1 Å². The number of fused-ring (bicyclic) bond motifs is 1. The van der Waals surface area contributed by atoms with Gasteiger partial charge in [-0.15, -0.1) is 22.5 Å². The molecule has 1 aromatic heterocycles. The predicted molar refractivity (Wildman–Crippen MR) is 88.6 cm³/mol. The van der Waals surface area contributed by atoms with E-state index >= 15 is 0 Å². The maximum Gasteiger partial charge on any atom is 0.294 e. The molecule has 0 aromatic carbocycles. The van der Waals surface area contributed by atoms with Crippen molar-refractivity contribution in [2.75, 3.05) is 39.4 Å². The van der Waals surface area contributed by atoms with Crippen molar-refractivity contribution in [1.29, 1.82) is 0 Å². The number of hydrogen-bond acceptors (Lipinski definition) is 8. The van der Waals surface area contributed by atoms with Crippen molar-refractivity contribution >= 4 is 18.3 Å². The van der Waals surface area contributed by atoms with Crippen molar-refractivity contribution in [3.63, 3.8) is 0 Å². The summed E-state index contributed by atoms with van der Waals surface area (Å²) in [5, 5.41) is 9.74. The highest BCUT2D eigenvalue weighted by molar-refractivity contribution is 5.91. The molecule has 0 unspecified atom stereocenters. The van der Waals surface area contributed by atoms with Crippen LogP contribution in [0.5, 0.6) is 0 Å². The minimum Gasteiger partial charge on any atom is -0.459 e. The Hall–Kier alpha value is -1.88. The van der Waals surface area contributed by atoms with Crippen LogP contribution in [-0.4, -0.2) is 84.5 Å². The molecule has 4 atom stereocenters. The van der Waals surface area contributed by atoms with E-state index in [4.69, 9.17) is 13.9 Å². The smallest absolute Gasteiger partial charge is 0.294 e. The third-order valence-electron chi connectivity index (χ3n) is 5.01. The summed E-state index contributed by atoms with van der Waals surface area (Å²) in [5.41, 5.74) is 0. The van der Waals surface area contributed by atoms with Crippen LogP contribution in [-0.2, 0) is 14.3 Å². The molecule has 0 aliphatic carbocycles. The average Bonchev–Trinajstić information content (AvgIpc) is 3.33. The second kappa shape index (κ2) is 7.78. The summed E-state index contributed by atoms with van der Waals surface area (Å²) in [6.07, 6.45) is 0.155. The van der Waals surface area contributed by atoms with Gasteiger partial charge in [-0.05, 0) is 12.1 Å². The van der Waals surface area contributed by atoms with Crippen molar-refractivity contribution < 1.29 is 28.6 Å². The first-order chi connectivity index (χ1) is 12.1. The molecule has 3 aliphatic rings. The first kappa shape index (κ1) is 18.9. The highest BCUT2D eigenvalue weighted by atomic mass is 35.5. The third-order valence-corrected chi connectivity index (χ3v) is 5.01. The Morgan fingerprint density at radius 3 is 2.58 bits per heavy atom. The Balaban J connectivity index is 0.00000196. The number of ether oxygens (including phenoxy) is 2. The summed E-state index contributed by atoms with van der Waals surface area (Å²) in [4.78, 5) is 31.5. The van der Waals surface area contributed by atoms with Gasteiger partial charge in [-0.2, -0.15) is 0 Å². The van der Waals surface area contributed by atoms with E-state index in [0.29, 0.717) is 38.5 Å². The summed E-state index contributed by atoms with van der Waals surface area (Å²) in [6.45, 7) is 3.15. The second-order valence-electron chi connectivity index (χ2n) is 6.34. The van der Waals surface area contributed by atoms with Crippen LogP contribution in [0.4, 0.5) is 0 Å². The Bertz CT molecular complexity index is 635. The highest BCUT2D eigenvalue weighted by Crippen LogP contribution is 2.32. The van der Waals surface area contributed by atoms with Gasteiger partial charge in [-0.3, -0.25) is 9.69 Å². The van der Waals surface area contributed by atoms with Crippen molar-refractivity contribution in [2.45, 2.75) is 24.4 Å². The van der Waals surface area contributed by atoms with Crippen LogP contribution in [0.3, 0.4) is 0 Å². The number of halogens is 1. The number of rotatable bonds is 4. The molecule has 0 bridgehead atoms. The van der Waals surface area contributed by atoms with Gasteiger partial charge in [-0.1, -0.05) is 0 Å². The number of amides is 1. The van der Waals surface area contributed by atoms with Crippen molar-refractivity contribution in [2.24, 2.45) is 0 Å². The fourth-order valence-electron chi connectivity index (χ4n) is 3.77. The number of nitrogens with zero attached hydrogens (tertiary/aromatic N) is 3. The molecule has 3 fully saturated rings. The molecule has 0 spiro atoms. The molecule has 0 N–H and O–H groups in total. The van der Waals surface area contributed by atoms with E-state index in [1.54, 1.807) is 17.0 Å². The van der Waals surface area contributed by atoms with E-state index in [2.05, 4.69) is 9.74 Å². The van der Waals surface area contributed by atoms with Crippen LogP contribution in [0.25, 0.3) is 0 Å². The molecule has 1 amide bonds. The monoisotopic (exact) mass is 389 g/mol. The van der Waals surface area contributed by atoms with Gasteiger partial charge in [0, 0.05) is 26.2 Å². The van der Waals surface area contributed by atoms with E-state index < -0.39 is 17.3 Å². The van der Waals surface area contributed by atoms with Crippen LogP contribution in [0.2, 0.25) is 0 Å². The standard InChI is InChI=1S/C15H19N3O7.ClH/c19-15(11-2-1-7-22-11)17-5-3-16(4-6-17)10-8-23-14-12(25-18(20)21)9-24-13(10)14;/h1-2,7,10,12-14H,3-6,8-9H2;1H/t10-,12-,13+,14+;/m0./s1. The van der Waals surface area contributed by atoms with Crippen molar-refractivity contribution in [1.82, 2.24) is 9.80 Å². The predicted octanol–water partition coefficient (Wildman–Crippen LogP) is 0.202. The molecule has 10 nitrogen and oxygen atoms in total. The lowest BCUT2D eigenvalue weighted by atomic mass is 10.1. The third kappa shape index (κ3) is 3.50. The van der Waals surface area contributed by atoms with Crippen molar-refractivity contribution in [3.8, 4) is 0 Å². The lowest BCUT2D eigenvalue weighted by Crippen LogP contribution is -2.55. The van der Waals surface area contributed by atoms with Gasteiger partial charge in [0.1, 0.15) is 12.2 Å². The van der Waals surface area contributed by atoms with Gasteiger partial charge in [0.05, 0.1) is 25.5 Å². The molecule has 3 aliphatic heterocycles. The Morgan fingerprint density at radius 1 is 1.19 bits per heavy atom. The minimum atomic E-state index is -0.799. The lowest BCUT2D eigenvalue weighted by molar-refractivity contribution is -0.769. The maximum absolute atomic E-state index is 12.3. The van der Waals surface area contributed by atoms with E-state index in [9.17, 15) is 14.9 Å². The second-order valence-corrected chi connectivity index (χ2v) is 6.34. The molecule has 11 heteroatoms. The molecule has 3 saturated heterocycles. The number of carbonyl (C=O) groups excluding carboxylic acids is 1. The fourth-order valence-corrected chi connectivity index (χ4v) is 3.77. The SMILES string of the molecule is Cl.O=C(c1ccco1)N1CCN([C@H]2CO[C@H]3[C@@H]2OC[C@@H]3O[N+](=O)[O-])CC1. The van der Waals surface area contributed by atoms with E-state index in [1.807, 2.05) is 0 Å². The molecule has 0 radical (unpaired) electrons. The van der Waals surface area contributed by atoms with E-state index in [1.165, 1.54) is 6.26 Å². The van der Waals surface area contributed by atoms with Gasteiger partial charge in [0.15, 0.2) is 11.9 Å². The first-order valence-electron chi connectivity index (χ1n) is 8.24. The van der Waals surface area contributed by atoms with Crippen LogP contribution < -0.4 is 0 Å². The molecule has 144 valence electrons. The number of furan rings is 1. The molecule has 26 heavy (non-hydrogen) atoms. The average molecular weight is 390 g/mol. The minimum absolute atomic E-state index is 0. The zero-order valence-corrected chi connectivity index (χ0v) is 14.7. The van der Waals surface area contributed by atoms with Gasteiger partial charge >= 0.3 is 0 Å². The molecular weight excluding hydrogens is 370 g/mol. The zero-order valence-electron chi connectivity index (χ0n) is 13.9. The molecule has 4 rings (SSSR count). The summed E-state index contributed by atoms with van der Waals surface area (Å²) in [5.74, 6) is 0.235. The summed E-state index contributed by atoms with van der Waals surface area (Å²) >= 11 is 0. The largest absolute Gasteiger partial charge is 0.459 e. The molecule has 0 saturated carbocycles. The van der Waals surface area contributed by atoms with Crippen LogP contribution >= 0.6 is 12.4 Å².